The molecule has 0 amide bonds. The molecule has 1 aromatic carbocycles. The molecule has 18 heavy (non-hydrogen) atoms. The van der Waals surface area contributed by atoms with E-state index in [0.717, 1.165) is 22.9 Å². The van der Waals surface area contributed by atoms with E-state index in [1.165, 1.54) is 0 Å². The zero-order valence-corrected chi connectivity index (χ0v) is 9.58. The number of aldehydes is 1. The summed E-state index contributed by atoms with van der Waals surface area (Å²) in [5.74, 6) is 0.140. The summed E-state index contributed by atoms with van der Waals surface area (Å²) < 4.78 is 1.70. The van der Waals surface area contributed by atoms with Gasteiger partial charge in [0, 0.05) is 11.1 Å². The first-order valence-corrected chi connectivity index (χ1v) is 5.64. The highest BCUT2D eigenvalue weighted by atomic mass is 16.3. The van der Waals surface area contributed by atoms with Gasteiger partial charge in [0.05, 0.1) is 11.9 Å². The van der Waals surface area contributed by atoms with Crippen LogP contribution in [0.1, 0.15) is 10.5 Å². The topological polar surface area (TPSA) is 41.7 Å². The molecule has 0 aliphatic rings. The number of fused-ring (bicyclic) bond motifs is 1. The summed E-state index contributed by atoms with van der Waals surface area (Å²) in [4.78, 5) is 11.3. The molecule has 3 rings (SSSR count). The second-order valence-corrected chi connectivity index (χ2v) is 4.11. The average molecular weight is 237 g/mol. The van der Waals surface area contributed by atoms with Crippen molar-refractivity contribution in [1.29, 1.82) is 0 Å². The molecule has 88 valence electrons. The highest BCUT2D eigenvalue weighted by molar-refractivity contribution is 5.89. The van der Waals surface area contributed by atoms with Gasteiger partial charge in [0.1, 0.15) is 5.75 Å². The number of aromatic hydroxyl groups is 1. The number of carbonyl (C=O) groups excluding carboxylic acids is 1. The molecule has 0 saturated heterocycles. The second kappa shape index (κ2) is 4.04. The molecule has 0 radical (unpaired) electrons. The van der Waals surface area contributed by atoms with Crippen molar-refractivity contribution >= 4 is 11.8 Å². The number of hydrogen-bond donors (Lipinski definition) is 1. The molecular weight excluding hydrogens is 226 g/mol. The zero-order valence-electron chi connectivity index (χ0n) is 9.58. The molecule has 0 atom stereocenters. The Kier molecular flexibility index (Phi) is 2.38. The minimum absolute atomic E-state index is 0.140. The van der Waals surface area contributed by atoms with Gasteiger partial charge in [0.2, 0.25) is 0 Å². The molecule has 0 bridgehead atoms. The Hall–Kier alpha value is -2.55. The predicted molar refractivity (Wildman–Crippen MR) is 69.9 cm³/mol. The van der Waals surface area contributed by atoms with Crippen molar-refractivity contribution in [2.45, 2.75) is 0 Å². The van der Waals surface area contributed by atoms with Crippen molar-refractivity contribution < 1.29 is 9.90 Å². The lowest BCUT2D eigenvalue weighted by molar-refractivity contribution is 0.111. The van der Waals surface area contributed by atoms with Crippen LogP contribution in [0.2, 0.25) is 0 Å². The van der Waals surface area contributed by atoms with Crippen LogP contribution >= 0.6 is 0 Å². The molecule has 1 N–H and O–H groups in total. The number of rotatable bonds is 2. The van der Waals surface area contributed by atoms with Crippen LogP contribution in [0.4, 0.5) is 0 Å². The summed E-state index contributed by atoms with van der Waals surface area (Å²) in [6.07, 6.45) is 2.36. The molecule has 0 saturated carbocycles. The lowest BCUT2D eigenvalue weighted by Gasteiger charge is -2.00. The van der Waals surface area contributed by atoms with E-state index in [-0.39, 0.29) is 5.75 Å². The lowest BCUT2D eigenvalue weighted by Crippen LogP contribution is -1.91. The van der Waals surface area contributed by atoms with Gasteiger partial charge < -0.3 is 9.51 Å². The summed E-state index contributed by atoms with van der Waals surface area (Å²) in [6.45, 7) is 0. The Balaban J connectivity index is 2.33. The van der Waals surface area contributed by atoms with E-state index < -0.39 is 0 Å². The highest BCUT2D eigenvalue weighted by Gasteiger charge is 2.11. The molecule has 3 nitrogen and oxygen atoms in total. The minimum atomic E-state index is 0.140. The number of carbonyl (C=O) groups is 1. The number of pyridine rings is 1. The van der Waals surface area contributed by atoms with E-state index in [0.29, 0.717) is 5.69 Å². The summed E-state index contributed by atoms with van der Waals surface area (Å²) >= 11 is 0. The van der Waals surface area contributed by atoms with E-state index >= 15 is 0 Å². The first-order chi connectivity index (χ1) is 8.79. The predicted octanol–water partition coefficient (Wildman–Crippen LogP) is 3.12. The first-order valence-electron chi connectivity index (χ1n) is 5.64. The quantitative estimate of drug-likeness (QED) is 0.696. The van der Waals surface area contributed by atoms with E-state index in [1.807, 2.05) is 36.4 Å². The van der Waals surface area contributed by atoms with Gasteiger partial charge in [-0.15, -0.1) is 0 Å². The van der Waals surface area contributed by atoms with Gasteiger partial charge in [-0.05, 0) is 23.8 Å². The maximum absolute atomic E-state index is 11.3. The van der Waals surface area contributed by atoms with Crippen molar-refractivity contribution in [3.8, 4) is 16.9 Å². The van der Waals surface area contributed by atoms with Gasteiger partial charge in [0.15, 0.2) is 6.29 Å². The van der Waals surface area contributed by atoms with Crippen molar-refractivity contribution in [3.05, 3.63) is 60.4 Å². The fourth-order valence-corrected chi connectivity index (χ4v) is 2.15. The fraction of sp³-hybridized carbons (Fsp3) is 0. The van der Waals surface area contributed by atoms with E-state index in [1.54, 1.807) is 22.7 Å². The standard InChI is InChI=1S/C15H11NO2/c17-10-15-14(11-4-2-1-3-5-11)8-12-6-7-13(18)9-16(12)15/h1-10,18H. The van der Waals surface area contributed by atoms with Crippen molar-refractivity contribution in [2.24, 2.45) is 0 Å². The lowest BCUT2D eigenvalue weighted by atomic mass is 10.1. The molecule has 3 aromatic rings. The highest BCUT2D eigenvalue weighted by Crippen LogP contribution is 2.27. The monoisotopic (exact) mass is 237 g/mol. The van der Waals surface area contributed by atoms with Crippen LogP contribution < -0.4 is 0 Å². The number of benzene rings is 1. The Bertz CT molecular complexity index is 714. The third-order valence-corrected chi connectivity index (χ3v) is 2.99. The van der Waals surface area contributed by atoms with Gasteiger partial charge in [-0.1, -0.05) is 30.3 Å². The number of aromatic nitrogens is 1. The molecular formula is C15H11NO2. The molecule has 0 aliphatic carbocycles. The van der Waals surface area contributed by atoms with E-state index in [9.17, 15) is 9.90 Å². The SMILES string of the molecule is O=Cc1c(-c2ccccc2)cc2ccc(O)cn12. The molecule has 2 heterocycles. The van der Waals surface area contributed by atoms with Gasteiger partial charge in [-0.25, -0.2) is 0 Å². The fourth-order valence-electron chi connectivity index (χ4n) is 2.15. The summed E-state index contributed by atoms with van der Waals surface area (Å²) in [6, 6.07) is 15.1. The average Bonchev–Trinajstić information content (AvgIpc) is 2.77. The Morgan fingerprint density at radius 2 is 1.83 bits per heavy atom. The smallest absolute Gasteiger partial charge is 0.167 e. The van der Waals surface area contributed by atoms with E-state index in [2.05, 4.69) is 0 Å². The largest absolute Gasteiger partial charge is 0.506 e. The number of nitrogens with zero attached hydrogens (tertiary/aromatic N) is 1. The van der Waals surface area contributed by atoms with Crippen molar-refractivity contribution in [1.82, 2.24) is 4.40 Å². The first kappa shape index (κ1) is 10.6. The van der Waals surface area contributed by atoms with Crippen LogP contribution in [0.25, 0.3) is 16.6 Å². The Labute approximate surface area is 104 Å². The molecule has 0 spiro atoms. The Morgan fingerprint density at radius 1 is 1.06 bits per heavy atom. The minimum Gasteiger partial charge on any atom is -0.506 e. The summed E-state index contributed by atoms with van der Waals surface area (Å²) in [7, 11) is 0. The van der Waals surface area contributed by atoms with Crippen LogP contribution in [0, 0.1) is 0 Å². The number of hydrogen-bond acceptors (Lipinski definition) is 2. The molecule has 0 unspecified atom stereocenters. The van der Waals surface area contributed by atoms with Crippen LogP contribution in [-0.2, 0) is 0 Å². The van der Waals surface area contributed by atoms with Gasteiger partial charge in [-0.2, -0.15) is 0 Å². The van der Waals surface area contributed by atoms with Gasteiger partial charge >= 0.3 is 0 Å². The zero-order chi connectivity index (χ0) is 12.5. The normalized spacial score (nSPS) is 10.7. The van der Waals surface area contributed by atoms with Crippen LogP contribution in [0.5, 0.6) is 5.75 Å². The summed E-state index contributed by atoms with van der Waals surface area (Å²) in [5.41, 5.74) is 3.29. The molecule has 0 fully saturated rings. The molecule has 3 heteroatoms. The molecule has 0 aliphatic heterocycles. The third-order valence-electron chi connectivity index (χ3n) is 2.99. The summed E-state index contributed by atoms with van der Waals surface area (Å²) in [5, 5.41) is 9.49. The third kappa shape index (κ3) is 1.57. The van der Waals surface area contributed by atoms with E-state index in [4.69, 9.17) is 0 Å². The van der Waals surface area contributed by atoms with Gasteiger partial charge in [0.25, 0.3) is 0 Å². The molecule has 2 aromatic heterocycles. The van der Waals surface area contributed by atoms with Crippen molar-refractivity contribution in [3.63, 3.8) is 0 Å². The van der Waals surface area contributed by atoms with Gasteiger partial charge in [-0.3, -0.25) is 4.79 Å². The maximum atomic E-state index is 11.3. The van der Waals surface area contributed by atoms with Crippen LogP contribution in [0.3, 0.4) is 0 Å². The Morgan fingerprint density at radius 3 is 2.56 bits per heavy atom. The van der Waals surface area contributed by atoms with Crippen molar-refractivity contribution in [2.75, 3.05) is 0 Å². The maximum Gasteiger partial charge on any atom is 0.167 e. The van der Waals surface area contributed by atoms with Crippen LogP contribution in [-0.4, -0.2) is 15.8 Å². The van der Waals surface area contributed by atoms with Crippen LogP contribution in [0.15, 0.2) is 54.7 Å². The second-order valence-electron chi connectivity index (χ2n) is 4.11.